The summed E-state index contributed by atoms with van der Waals surface area (Å²) >= 11 is 12.2. The van der Waals surface area contributed by atoms with Crippen LogP contribution >= 0.6 is 23.2 Å². The minimum absolute atomic E-state index is 0.123. The van der Waals surface area contributed by atoms with E-state index < -0.39 is 0 Å². The molecule has 0 N–H and O–H groups in total. The summed E-state index contributed by atoms with van der Waals surface area (Å²) in [7, 11) is 3.10. The van der Waals surface area contributed by atoms with E-state index >= 15 is 0 Å². The number of methoxy groups -OCH3 is 2. The van der Waals surface area contributed by atoms with Crippen molar-refractivity contribution >= 4 is 29.5 Å². The summed E-state index contributed by atoms with van der Waals surface area (Å²) in [6.45, 7) is 0.123. The molecule has 0 atom stereocenters. The summed E-state index contributed by atoms with van der Waals surface area (Å²) in [4.78, 5) is 10.9. The topological polar surface area (TPSA) is 44.8 Å². The number of hydrogen-bond acceptors (Lipinski definition) is 4. The van der Waals surface area contributed by atoms with Crippen LogP contribution in [-0.4, -0.2) is 27.3 Å². The number of ether oxygens (including phenoxy) is 3. The predicted molar refractivity (Wildman–Crippen MR) is 86.3 cm³/mol. The molecule has 0 radical (unpaired) electrons. The Hall–Kier alpha value is -1.75. The van der Waals surface area contributed by atoms with Crippen LogP contribution < -0.4 is 9.47 Å². The number of halogens is 2. The normalized spacial score (nSPS) is 10.4. The highest BCUT2D eigenvalue weighted by molar-refractivity contribution is 6.38. The van der Waals surface area contributed by atoms with Gasteiger partial charge in [-0.3, -0.25) is 4.79 Å². The van der Waals surface area contributed by atoms with Crippen LogP contribution in [0, 0.1) is 0 Å². The van der Waals surface area contributed by atoms with Gasteiger partial charge >= 0.3 is 0 Å². The van der Waals surface area contributed by atoms with Gasteiger partial charge in [-0.25, -0.2) is 0 Å². The van der Waals surface area contributed by atoms with E-state index in [2.05, 4.69) is 0 Å². The van der Waals surface area contributed by atoms with Crippen LogP contribution in [0.15, 0.2) is 30.3 Å². The van der Waals surface area contributed by atoms with Crippen molar-refractivity contribution in [2.45, 2.75) is 0 Å². The van der Waals surface area contributed by atoms with E-state index in [-0.39, 0.29) is 12.4 Å². The quantitative estimate of drug-likeness (QED) is 0.575. The van der Waals surface area contributed by atoms with Gasteiger partial charge in [-0.15, -0.1) is 0 Å². The van der Waals surface area contributed by atoms with Gasteiger partial charge in [-0.2, -0.15) is 0 Å². The van der Waals surface area contributed by atoms with E-state index in [0.29, 0.717) is 27.8 Å². The smallest absolute Gasteiger partial charge is 0.188 e. The molecular formula is C16H14Cl2O4. The standard InChI is InChI=1S/C16H14Cl2O4/c1-20-9-22-13-4-10(3-12(7-13)21-2)11-5-15(17)14(8-19)16(18)6-11/h3-8H,9H2,1-2H3. The van der Waals surface area contributed by atoms with E-state index in [1.165, 1.54) is 0 Å². The lowest BCUT2D eigenvalue weighted by molar-refractivity contribution is 0.0510. The third-order valence-corrected chi connectivity index (χ3v) is 3.61. The van der Waals surface area contributed by atoms with Gasteiger partial charge in [0.25, 0.3) is 0 Å². The molecule has 0 fully saturated rings. The molecule has 6 heteroatoms. The molecule has 4 nitrogen and oxygen atoms in total. The Balaban J connectivity index is 2.49. The minimum Gasteiger partial charge on any atom is -0.497 e. The zero-order chi connectivity index (χ0) is 16.1. The average molecular weight is 341 g/mol. The molecule has 0 aliphatic rings. The molecule has 0 aromatic heterocycles. The first-order valence-corrected chi connectivity index (χ1v) is 7.10. The van der Waals surface area contributed by atoms with Gasteiger partial charge in [-0.1, -0.05) is 23.2 Å². The molecule has 116 valence electrons. The maximum atomic E-state index is 10.9. The first kappa shape index (κ1) is 16.6. The number of rotatable bonds is 6. The Morgan fingerprint density at radius 3 is 2.09 bits per heavy atom. The van der Waals surface area contributed by atoms with Gasteiger partial charge in [0.1, 0.15) is 11.5 Å². The van der Waals surface area contributed by atoms with E-state index in [1.807, 2.05) is 12.1 Å². The van der Waals surface area contributed by atoms with Crippen molar-refractivity contribution in [1.82, 2.24) is 0 Å². The fourth-order valence-corrected chi connectivity index (χ4v) is 2.51. The zero-order valence-electron chi connectivity index (χ0n) is 12.1. The molecule has 2 aromatic carbocycles. The van der Waals surface area contributed by atoms with Crippen LogP contribution in [0.5, 0.6) is 11.5 Å². The third kappa shape index (κ3) is 3.71. The van der Waals surface area contributed by atoms with Crippen molar-refractivity contribution in [3.8, 4) is 22.6 Å². The third-order valence-electron chi connectivity index (χ3n) is 2.99. The number of benzene rings is 2. The largest absolute Gasteiger partial charge is 0.497 e. The Kier molecular flexibility index (Phi) is 5.66. The van der Waals surface area contributed by atoms with Crippen molar-refractivity contribution in [1.29, 1.82) is 0 Å². The first-order valence-electron chi connectivity index (χ1n) is 6.34. The molecule has 0 aliphatic carbocycles. The van der Waals surface area contributed by atoms with E-state index in [1.54, 1.807) is 32.4 Å². The number of hydrogen-bond donors (Lipinski definition) is 0. The Labute approximate surface area is 138 Å². The molecule has 0 bridgehead atoms. The Morgan fingerprint density at radius 2 is 1.55 bits per heavy atom. The molecule has 2 rings (SSSR count). The molecule has 0 heterocycles. The van der Waals surface area contributed by atoms with E-state index in [9.17, 15) is 4.79 Å². The SMILES string of the molecule is COCOc1cc(OC)cc(-c2cc(Cl)c(C=O)c(Cl)c2)c1. The highest BCUT2D eigenvalue weighted by Gasteiger charge is 2.11. The van der Waals surface area contributed by atoms with Crippen molar-refractivity contribution in [3.05, 3.63) is 45.9 Å². The van der Waals surface area contributed by atoms with E-state index in [0.717, 1.165) is 11.1 Å². The molecule has 0 saturated heterocycles. The average Bonchev–Trinajstić information content (AvgIpc) is 2.52. The number of carbonyl (C=O) groups is 1. The predicted octanol–water partition coefficient (Wildman–Crippen LogP) is 4.46. The molecular weight excluding hydrogens is 327 g/mol. The first-order chi connectivity index (χ1) is 10.6. The highest BCUT2D eigenvalue weighted by atomic mass is 35.5. The molecule has 0 unspecified atom stereocenters. The van der Waals surface area contributed by atoms with Gasteiger partial charge in [0.2, 0.25) is 0 Å². The maximum absolute atomic E-state index is 10.9. The second-order valence-electron chi connectivity index (χ2n) is 4.42. The summed E-state index contributed by atoms with van der Waals surface area (Å²) in [6, 6.07) is 8.72. The Bertz CT molecular complexity index is 663. The summed E-state index contributed by atoms with van der Waals surface area (Å²) in [5.74, 6) is 1.21. The van der Waals surface area contributed by atoms with Crippen LogP contribution in [0.2, 0.25) is 10.0 Å². The zero-order valence-corrected chi connectivity index (χ0v) is 13.6. The molecule has 22 heavy (non-hydrogen) atoms. The summed E-state index contributed by atoms with van der Waals surface area (Å²) < 4.78 is 15.6. The van der Waals surface area contributed by atoms with Gasteiger partial charge < -0.3 is 14.2 Å². The lowest BCUT2D eigenvalue weighted by Crippen LogP contribution is -1.99. The molecule has 0 spiro atoms. The molecule has 2 aromatic rings. The number of aldehydes is 1. The monoisotopic (exact) mass is 340 g/mol. The van der Waals surface area contributed by atoms with Gasteiger partial charge in [-0.05, 0) is 35.4 Å². The highest BCUT2D eigenvalue weighted by Crippen LogP contribution is 2.34. The number of carbonyl (C=O) groups excluding carboxylic acids is 1. The second kappa shape index (κ2) is 7.49. The van der Waals surface area contributed by atoms with Gasteiger partial charge in [0.15, 0.2) is 13.1 Å². The Morgan fingerprint density at radius 1 is 0.955 bits per heavy atom. The molecule has 0 aliphatic heterocycles. The van der Waals surface area contributed by atoms with Gasteiger partial charge in [0, 0.05) is 13.2 Å². The molecule has 0 amide bonds. The fraction of sp³-hybridized carbons (Fsp3) is 0.188. The lowest BCUT2D eigenvalue weighted by atomic mass is 10.0. The van der Waals surface area contributed by atoms with Crippen molar-refractivity contribution in [3.63, 3.8) is 0 Å². The summed E-state index contributed by atoms with van der Waals surface area (Å²) in [6.07, 6.45) is 0.632. The summed E-state index contributed by atoms with van der Waals surface area (Å²) in [5.41, 5.74) is 1.82. The molecule has 0 saturated carbocycles. The van der Waals surface area contributed by atoms with Crippen LogP contribution in [0.1, 0.15) is 10.4 Å². The van der Waals surface area contributed by atoms with Crippen LogP contribution in [-0.2, 0) is 4.74 Å². The van der Waals surface area contributed by atoms with Gasteiger partial charge in [0.05, 0.1) is 22.7 Å². The van der Waals surface area contributed by atoms with Crippen LogP contribution in [0.25, 0.3) is 11.1 Å². The van der Waals surface area contributed by atoms with Crippen molar-refractivity contribution < 1.29 is 19.0 Å². The van der Waals surface area contributed by atoms with Crippen molar-refractivity contribution in [2.24, 2.45) is 0 Å². The summed E-state index contributed by atoms with van der Waals surface area (Å²) in [5, 5.41) is 0.583. The van der Waals surface area contributed by atoms with E-state index in [4.69, 9.17) is 37.4 Å². The second-order valence-corrected chi connectivity index (χ2v) is 5.23. The lowest BCUT2D eigenvalue weighted by Gasteiger charge is -2.11. The van der Waals surface area contributed by atoms with Crippen LogP contribution in [0.3, 0.4) is 0 Å². The minimum atomic E-state index is 0.123. The van der Waals surface area contributed by atoms with Crippen LogP contribution in [0.4, 0.5) is 0 Å². The fourth-order valence-electron chi connectivity index (χ4n) is 1.93. The van der Waals surface area contributed by atoms with Crippen molar-refractivity contribution in [2.75, 3.05) is 21.0 Å². The maximum Gasteiger partial charge on any atom is 0.188 e.